The zero-order chi connectivity index (χ0) is 17.1. The molecule has 3 rings (SSSR count). The fraction of sp³-hybridized carbons (Fsp3) is 0.200. The first-order chi connectivity index (χ1) is 11.6. The van der Waals surface area contributed by atoms with Crippen molar-refractivity contribution in [3.8, 4) is 5.75 Å². The minimum Gasteiger partial charge on any atom is -0.505 e. The van der Waals surface area contributed by atoms with Crippen LogP contribution in [0.4, 0.5) is 4.39 Å². The van der Waals surface area contributed by atoms with Crippen LogP contribution >= 0.6 is 0 Å². The molecule has 1 N–H and O–H groups in total. The maximum atomic E-state index is 13.0. The fourth-order valence-corrected chi connectivity index (χ4v) is 2.91. The molecule has 0 unspecified atom stereocenters. The molecule has 2 aromatic carbocycles. The Kier molecular flexibility index (Phi) is 4.56. The topological polar surface area (TPSA) is 50.2 Å². The Bertz CT molecular complexity index is 888. The number of rotatable bonds is 5. The van der Waals surface area contributed by atoms with Crippen molar-refractivity contribution in [2.24, 2.45) is 0 Å². The maximum Gasteiger partial charge on any atom is 0.153 e. The zero-order valence-electron chi connectivity index (χ0n) is 13.4. The molecule has 4 heteroatoms. The summed E-state index contributed by atoms with van der Waals surface area (Å²) in [5.41, 5.74) is 3.68. The quantitative estimate of drug-likeness (QED) is 0.706. The van der Waals surface area contributed by atoms with Crippen molar-refractivity contribution >= 4 is 17.2 Å². The number of fused-ring (bicyclic) bond motifs is 1. The van der Waals surface area contributed by atoms with Gasteiger partial charge in [-0.1, -0.05) is 25.5 Å². The predicted molar refractivity (Wildman–Crippen MR) is 92.0 cm³/mol. The van der Waals surface area contributed by atoms with Crippen molar-refractivity contribution in [1.29, 1.82) is 0 Å². The monoisotopic (exact) mass is 323 g/mol. The number of aromatic hydroxyl groups is 1. The third kappa shape index (κ3) is 3.13. The van der Waals surface area contributed by atoms with Crippen molar-refractivity contribution in [3.05, 3.63) is 70.7 Å². The van der Waals surface area contributed by atoms with E-state index in [0.29, 0.717) is 18.2 Å². The molecule has 0 aliphatic heterocycles. The second-order valence-electron chi connectivity index (χ2n) is 5.88. The highest BCUT2D eigenvalue weighted by atomic mass is 19.1. The summed E-state index contributed by atoms with van der Waals surface area (Å²) in [4.78, 5) is 15.5. The molecule has 0 saturated carbocycles. The Balaban J connectivity index is 2.07. The molecule has 0 amide bonds. The number of halogens is 1. The average molecular weight is 323 g/mol. The molecule has 3 nitrogen and oxygen atoms in total. The Morgan fingerprint density at radius 2 is 1.92 bits per heavy atom. The predicted octanol–water partition coefficient (Wildman–Crippen LogP) is 4.44. The molecule has 0 radical (unpaired) electrons. The second kappa shape index (κ2) is 6.79. The van der Waals surface area contributed by atoms with Crippen LogP contribution in [-0.2, 0) is 12.8 Å². The van der Waals surface area contributed by atoms with Crippen LogP contribution in [0.2, 0.25) is 0 Å². The third-order valence-corrected chi connectivity index (χ3v) is 4.09. The van der Waals surface area contributed by atoms with Gasteiger partial charge in [0.1, 0.15) is 11.3 Å². The molecule has 3 aromatic rings. The van der Waals surface area contributed by atoms with Gasteiger partial charge in [0.05, 0.1) is 5.56 Å². The number of phenols is 1. The summed E-state index contributed by atoms with van der Waals surface area (Å²) in [5.74, 6) is -0.333. The Labute approximate surface area is 139 Å². The van der Waals surface area contributed by atoms with Crippen molar-refractivity contribution in [2.45, 2.75) is 26.2 Å². The SMILES string of the molecule is CCCc1cc(C=O)c(O)c2ncc(Cc3ccc(F)cc3)cc12. The van der Waals surface area contributed by atoms with Crippen LogP contribution in [0.25, 0.3) is 10.9 Å². The number of aromatic nitrogens is 1. The molecule has 1 heterocycles. The van der Waals surface area contributed by atoms with E-state index in [1.54, 1.807) is 24.4 Å². The lowest BCUT2D eigenvalue weighted by Crippen LogP contribution is -1.96. The highest BCUT2D eigenvalue weighted by Gasteiger charge is 2.13. The van der Waals surface area contributed by atoms with E-state index in [1.165, 1.54) is 12.1 Å². The second-order valence-corrected chi connectivity index (χ2v) is 5.88. The molecular formula is C20H18FNO2. The van der Waals surface area contributed by atoms with Crippen molar-refractivity contribution in [2.75, 3.05) is 0 Å². The highest BCUT2D eigenvalue weighted by molar-refractivity contribution is 5.95. The van der Waals surface area contributed by atoms with Gasteiger partial charge in [-0.25, -0.2) is 4.39 Å². The fourth-order valence-electron chi connectivity index (χ4n) is 2.91. The minimum atomic E-state index is -0.257. The van der Waals surface area contributed by atoms with Gasteiger partial charge in [0, 0.05) is 11.6 Å². The number of phenolic OH excluding ortho intramolecular Hbond substituents is 1. The van der Waals surface area contributed by atoms with Crippen LogP contribution in [0.15, 0.2) is 42.6 Å². The lowest BCUT2D eigenvalue weighted by molar-refractivity contribution is 0.112. The van der Waals surface area contributed by atoms with Crippen molar-refractivity contribution in [1.82, 2.24) is 4.98 Å². The highest BCUT2D eigenvalue weighted by Crippen LogP contribution is 2.31. The molecule has 1 aromatic heterocycles. The summed E-state index contributed by atoms with van der Waals surface area (Å²) in [6.45, 7) is 2.06. The van der Waals surface area contributed by atoms with Gasteiger partial charge < -0.3 is 5.11 Å². The average Bonchev–Trinajstić information content (AvgIpc) is 2.59. The summed E-state index contributed by atoms with van der Waals surface area (Å²) in [5, 5.41) is 11.1. The number of benzene rings is 2. The number of nitrogens with zero attached hydrogens (tertiary/aromatic N) is 1. The number of pyridine rings is 1. The molecule has 0 saturated heterocycles. The smallest absolute Gasteiger partial charge is 0.153 e. The van der Waals surface area contributed by atoms with Crippen LogP contribution in [-0.4, -0.2) is 16.4 Å². The third-order valence-electron chi connectivity index (χ3n) is 4.09. The van der Waals surface area contributed by atoms with E-state index in [-0.39, 0.29) is 17.1 Å². The van der Waals surface area contributed by atoms with Crippen molar-refractivity contribution in [3.63, 3.8) is 0 Å². The van der Waals surface area contributed by atoms with E-state index in [4.69, 9.17) is 0 Å². The lowest BCUT2D eigenvalue weighted by Gasteiger charge is -2.11. The van der Waals surface area contributed by atoms with Gasteiger partial charge in [0.25, 0.3) is 0 Å². The van der Waals surface area contributed by atoms with E-state index in [2.05, 4.69) is 11.9 Å². The van der Waals surface area contributed by atoms with E-state index in [9.17, 15) is 14.3 Å². The molecule has 0 fully saturated rings. The van der Waals surface area contributed by atoms with Gasteiger partial charge in [-0.3, -0.25) is 9.78 Å². The van der Waals surface area contributed by atoms with Crippen LogP contribution in [0, 0.1) is 5.82 Å². The van der Waals surface area contributed by atoms with Gasteiger partial charge >= 0.3 is 0 Å². The van der Waals surface area contributed by atoms with Gasteiger partial charge in [-0.05, 0) is 53.8 Å². The van der Waals surface area contributed by atoms with Crippen LogP contribution in [0.1, 0.15) is 40.4 Å². The molecular weight excluding hydrogens is 305 g/mol. The first kappa shape index (κ1) is 16.1. The van der Waals surface area contributed by atoms with Gasteiger partial charge in [-0.15, -0.1) is 0 Å². The number of carbonyl (C=O) groups is 1. The first-order valence-electron chi connectivity index (χ1n) is 7.95. The summed E-state index contributed by atoms with van der Waals surface area (Å²) >= 11 is 0. The Morgan fingerprint density at radius 1 is 1.17 bits per heavy atom. The number of aryl methyl sites for hydroxylation is 1. The minimum absolute atomic E-state index is 0.0758. The summed E-state index contributed by atoms with van der Waals surface area (Å²) in [6.07, 6.45) is 4.71. The maximum absolute atomic E-state index is 13.0. The molecule has 0 aliphatic rings. The van der Waals surface area contributed by atoms with Gasteiger partial charge in [0.2, 0.25) is 0 Å². The van der Waals surface area contributed by atoms with E-state index in [1.807, 2.05) is 6.07 Å². The van der Waals surface area contributed by atoms with E-state index < -0.39 is 0 Å². The van der Waals surface area contributed by atoms with Gasteiger partial charge in [-0.2, -0.15) is 0 Å². The lowest BCUT2D eigenvalue weighted by atomic mass is 9.97. The first-order valence-corrected chi connectivity index (χ1v) is 7.95. The molecule has 122 valence electrons. The largest absolute Gasteiger partial charge is 0.505 e. The van der Waals surface area contributed by atoms with Crippen molar-refractivity contribution < 1.29 is 14.3 Å². The van der Waals surface area contributed by atoms with Crippen LogP contribution in [0.5, 0.6) is 5.75 Å². The molecule has 0 spiro atoms. The summed E-state index contributed by atoms with van der Waals surface area (Å²) in [6, 6.07) is 10.1. The Hall–Kier alpha value is -2.75. The molecule has 0 bridgehead atoms. The zero-order valence-corrected chi connectivity index (χ0v) is 13.4. The van der Waals surface area contributed by atoms with E-state index >= 15 is 0 Å². The number of carbonyl (C=O) groups excluding carboxylic acids is 1. The van der Waals surface area contributed by atoms with Crippen LogP contribution in [0.3, 0.4) is 0 Å². The summed E-state index contributed by atoms with van der Waals surface area (Å²) < 4.78 is 13.0. The summed E-state index contributed by atoms with van der Waals surface area (Å²) in [7, 11) is 0. The number of hydrogen-bond acceptors (Lipinski definition) is 3. The number of aldehydes is 1. The van der Waals surface area contributed by atoms with Gasteiger partial charge in [0.15, 0.2) is 12.0 Å². The molecule has 0 atom stereocenters. The standard InChI is InChI=1S/C20H18FNO2/c1-2-3-15-10-16(12-23)20(24)19-18(15)9-14(11-22-19)8-13-4-6-17(21)7-5-13/h4-7,9-12,24H,2-3,8H2,1H3. The van der Waals surface area contributed by atoms with Crippen LogP contribution < -0.4 is 0 Å². The van der Waals surface area contributed by atoms with E-state index in [0.717, 1.165) is 34.9 Å². The molecule has 0 aliphatic carbocycles. The number of hydrogen-bond donors (Lipinski definition) is 1. The molecule has 24 heavy (non-hydrogen) atoms. The Morgan fingerprint density at radius 3 is 2.58 bits per heavy atom. The normalized spacial score (nSPS) is 10.9.